The molecule has 0 atom stereocenters. The van der Waals surface area contributed by atoms with Crippen LogP contribution >= 0.6 is 0 Å². The quantitative estimate of drug-likeness (QED) is 0.372. The van der Waals surface area contributed by atoms with E-state index < -0.39 is 0 Å². The van der Waals surface area contributed by atoms with Gasteiger partial charge in [-0.25, -0.2) is 0 Å². The van der Waals surface area contributed by atoms with Crippen molar-refractivity contribution < 1.29 is 18.4 Å². The van der Waals surface area contributed by atoms with Crippen LogP contribution in [0.15, 0.2) is 62.4 Å². The van der Waals surface area contributed by atoms with Gasteiger partial charge in [-0.1, -0.05) is 31.5 Å². The number of furan rings is 1. The molecule has 30 heavy (non-hydrogen) atoms. The average molecular weight is 404 g/mol. The fourth-order valence-electron chi connectivity index (χ4n) is 3.68. The molecule has 0 saturated heterocycles. The molecule has 0 spiro atoms. The summed E-state index contributed by atoms with van der Waals surface area (Å²) < 4.78 is 16.8. The molecule has 0 saturated carbocycles. The van der Waals surface area contributed by atoms with Gasteiger partial charge in [-0.05, 0) is 55.2 Å². The first-order valence-electron chi connectivity index (χ1n) is 10.3. The highest BCUT2D eigenvalue weighted by Crippen LogP contribution is 2.28. The Kier molecular flexibility index (Phi) is 5.70. The van der Waals surface area contributed by atoms with Crippen LogP contribution in [-0.4, -0.2) is 12.6 Å². The molecule has 0 fully saturated rings. The Hall–Kier alpha value is -3.34. The van der Waals surface area contributed by atoms with E-state index >= 15 is 0 Å². The largest absolute Gasteiger partial charge is 0.466 e. The number of hydrogen-bond acceptors (Lipinski definition) is 5. The lowest BCUT2D eigenvalue weighted by molar-refractivity contribution is -0.142. The van der Waals surface area contributed by atoms with Crippen LogP contribution in [-0.2, 0) is 22.4 Å². The Morgan fingerprint density at radius 2 is 1.87 bits per heavy atom. The number of carbonyl (C=O) groups is 1. The molecule has 2 aromatic heterocycles. The average Bonchev–Trinajstić information content (AvgIpc) is 3.17. The summed E-state index contributed by atoms with van der Waals surface area (Å²) in [5, 5.41) is 1.42. The third-order valence-electron chi connectivity index (χ3n) is 5.23. The number of benzene rings is 2. The Labute approximate surface area is 174 Å². The van der Waals surface area contributed by atoms with Crippen LogP contribution in [0, 0.1) is 0 Å². The maximum Gasteiger partial charge on any atom is 0.310 e. The maximum absolute atomic E-state index is 13.3. The number of esters is 1. The van der Waals surface area contributed by atoms with Crippen molar-refractivity contribution in [1.82, 2.24) is 0 Å². The number of carbonyl (C=O) groups excluding carboxylic acids is 1. The van der Waals surface area contributed by atoms with Gasteiger partial charge in [0, 0.05) is 5.39 Å². The highest BCUT2D eigenvalue weighted by Gasteiger charge is 2.17. The van der Waals surface area contributed by atoms with E-state index in [0.29, 0.717) is 28.9 Å². The monoisotopic (exact) mass is 404 g/mol. The summed E-state index contributed by atoms with van der Waals surface area (Å²) in [6.07, 6.45) is 4.37. The number of rotatable bonds is 7. The van der Waals surface area contributed by atoms with Crippen LogP contribution in [0.5, 0.6) is 0 Å². The second-order valence-electron chi connectivity index (χ2n) is 7.33. The van der Waals surface area contributed by atoms with Gasteiger partial charge in [0.2, 0.25) is 5.43 Å². The summed E-state index contributed by atoms with van der Waals surface area (Å²) in [6.45, 7) is 4.24. The fraction of sp³-hybridized carbons (Fsp3) is 0.280. The van der Waals surface area contributed by atoms with Gasteiger partial charge in [0.15, 0.2) is 0 Å². The smallest absolute Gasteiger partial charge is 0.310 e. The van der Waals surface area contributed by atoms with E-state index in [0.717, 1.165) is 41.4 Å². The standard InChI is InChI=1S/C25H24O5/c1-3-5-8-16-11-19-22(13-18(16)14-24(26)28-4-2)29-15-20(25(19)27)23-12-17-9-6-7-10-21(17)30-23/h6-7,9-13,15H,3-5,8,14H2,1-2H3. The van der Waals surface area contributed by atoms with Gasteiger partial charge in [0.05, 0.1) is 18.4 Å². The summed E-state index contributed by atoms with van der Waals surface area (Å²) >= 11 is 0. The minimum atomic E-state index is -0.282. The number of hydrogen-bond donors (Lipinski definition) is 0. The van der Waals surface area contributed by atoms with E-state index in [-0.39, 0.29) is 17.8 Å². The van der Waals surface area contributed by atoms with Crippen molar-refractivity contribution in [3.05, 3.63) is 70.1 Å². The zero-order valence-electron chi connectivity index (χ0n) is 17.2. The molecule has 0 aliphatic carbocycles. The van der Waals surface area contributed by atoms with E-state index in [2.05, 4.69) is 6.92 Å². The fourth-order valence-corrected chi connectivity index (χ4v) is 3.68. The first-order chi connectivity index (χ1) is 14.6. The maximum atomic E-state index is 13.3. The summed E-state index contributed by atoms with van der Waals surface area (Å²) in [4.78, 5) is 25.3. The zero-order chi connectivity index (χ0) is 21.1. The Morgan fingerprint density at radius 3 is 2.63 bits per heavy atom. The molecule has 154 valence electrons. The Morgan fingerprint density at radius 1 is 1.03 bits per heavy atom. The van der Waals surface area contributed by atoms with Crippen LogP contribution in [0.25, 0.3) is 33.3 Å². The lowest BCUT2D eigenvalue weighted by atomic mass is 9.97. The van der Waals surface area contributed by atoms with E-state index in [1.807, 2.05) is 36.4 Å². The zero-order valence-corrected chi connectivity index (χ0v) is 17.2. The molecule has 0 amide bonds. The highest BCUT2D eigenvalue weighted by molar-refractivity contribution is 5.87. The first-order valence-corrected chi connectivity index (χ1v) is 10.3. The van der Waals surface area contributed by atoms with Gasteiger partial charge in [-0.3, -0.25) is 9.59 Å². The van der Waals surface area contributed by atoms with E-state index in [1.54, 1.807) is 13.0 Å². The molecule has 5 nitrogen and oxygen atoms in total. The molecule has 0 aliphatic heterocycles. The van der Waals surface area contributed by atoms with Crippen molar-refractivity contribution >= 4 is 27.9 Å². The normalized spacial score (nSPS) is 11.3. The van der Waals surface area contributed by atoms with Crippen molar-refractivity contribution in [1.29, 1.82) is 0 Å². The van der Waals surface area contributed by atoms with E-state index in [4.69, 9.17) is 13.6 Å². The van der Waals surface area contributed by atoms with Crippen molar-refractivity contribution in [3.8, 4) is 11.3 Å². The number of fused-ring (bicyclic) bond motifs is 2. The summed E-state index contributed by atoms with van der Waals surface area (Å²) in [7, 11) is 0. The molecule has 0 bridgehead atoms. The third kappa shape index (κ3) is 3.88. The lowest BCUT2D eigenvalue weighted by Crippen LogP contribution is -2.11. The van der Waals surface area contributed by atoms with Gasteiger partial charge in [-0.2, -0.15) is 0 Å². The van der Waals surface area contributed by atoms with Crippen molar-refractivity contribution in [2.24, 2.45) is 0 Å². The topological polar surface area (TPSA) is 69.7 Å². The number of ether oxygens (including phenoxy) is 1. The number of para-hydroxylation sites is 1. The summed E-state index contributed by atoms with van der Waals surface area (Å²) in [5.74, 6) is 0.202. The molecule has 5 heteroatoms. The number of aryl methyl sites for hydroxylation is 1. The molecular formula is C25H24O5. The van der Waals surface area contributed by atoms with Crippen molar-refractivity contribution in [2.75, 3.05) is 6.61 Å². The van der Waals surface area contributed by atoms with Gasteiger partial charge in [-0.15, -0.1) is 0 Å². The van der Waals surface area contributed by atoms with Crippen LogP contribution in [0.2, 0.25) is 0 Å². The third-order valence-corrected chi connectivity index (χ3v) is 5.23. The van der Waals surface area contributed by atoms with Gasteiger partial charge < -0.3 is 13.6 Å². The second kappa shape index (κ2) is 8.57. The van der Waals surface area contributed by atoms with Gasteiger partial charge in [0.1, 0.15) is 28.8 Å². The van der Waals surface area contributed by atoms with Crippen molar-refractivity contribution in [3.63, 3.8) is 0 Å². The second-order valence-corrected chi connectivity index (χ2v) is 7.33. The molecule has 2 aromatic carbocycles. The lowest BCUT2D eigenvalue weighted by Gasteiger charge is -2.11. The molecule has 0 unspecified atom stereocenters. The van der Waals surface area contributed by atoms with Gasteiger partial charge >= 0.3 is 5.97 Å². The minimum absolute atomic E-state index is 0.143. The highest BCUT2D eigenvalue weighted by atomic mass is 16.5. The number of unbranched alkanes of at least 4 members (excludes halogenated alkanes) is 1. The Bertz CT molecular complexity index is 1230. The molecule has 0 radical (unpaired) electrons. The molecule has 0 N–H and O–H groups in total. The minimum Gasteiger partial charge on any atom is -0.466 e. The van der Waals surface area contributed by atoms with Crippen LogP contribution in [0.3, 0.4) is 0 Å². The molecule has 4 rings (SSSR count). The SMILES string of the molecule is CCCCc1cc2c(=O)c(-c3cc4ccccc4o3)coc2cc1CC(=O)OCC. The molecular weight excluding hydrogens is 380 g/mol. The molecule has 4 aromatic rings. The van der Waals surface area contributed by atoms with Crippen LogP contribution in [0.4, 0.5) is 0 Å². The summed E-state index contributed by atoms with van der Waals surface area (Å²) in [6, 6.07) is 13.1. The molecule has 2 heterocycles. The first kappa shape index (κ1) is 20.0. The van der Waals surface area contributed by atoms with Crippen LogP contribution in [0.1, 0.15) is 37.8 Å². The van der Waals surface area contributed by atoms with E-state index in [1.165, 1.54) is 6.26 Å². The van der Waals surface area contributed by atoms with Crippen molar-refractivity contribution in [2.45, 2.75) is 39.5 Å². The van der Waals surface area contributed by atoms with Gasteiger partial charge in [0.25, 0.3) is 0 Å². The van der Waals surface area contributed by atoms with E-state index in [9.17, 15) is 9.59 Å². The predicted octanol–water partition coefficient (Wildman–Crippen LogP) is 5.65. The Balaban J connectivity index is 1.81. The predicted molar refractivity (Wildman–Crippen MR) is 117 cm³/mol. The van der Waals surface area contributed by atoms with Crippen LogP contribution < -0.4 is 5.43 Å². The molecule has 0 aliphatic rings. The summed E-state index contributed by atoms with van der Waals surface area (Å²) in [5.41, 5.74) is 3.24.